The molecule has 1 atom stereocenters. The SMILES string of the molecule is C=C(C)CN(C)C(=O)C1CNCc2ccccc21. The number of carbonyl (C=O) groups is 1. The molecule has 1 unspecified atom stereocenters. The Bertz CT molecular complexity index is 467. The van der Waals surface area contributed by atoms with Gasteiger partial charge in [0.25, 0.3) is 0 Å². The molecule has 0 radical (unpaired) electrons. The minimum absolute atomic E-state index is 0.0701. The number of hydrogen-bond acceptors (Lipinski definition) is 2. The molecule has 1 amide bonds. The molecule has 2 rings (SSSR count). The van der Waals surface area contributed by atoms with Crippen LogP contribution in [0.3, 0.4) is 0 Å². The van der Waals surface area contributed by atoms with E-state index in [4.69, 9.17) is 0 Å². The van der Waals surface area contributed by atoms with E-state index in [1.807, 2.05) is 26.1 Å². The standard InChI is InChI=1S/C15H20N2O/c1-11(2)10-17(3)15(18)14-9-16-8-12-6-4-5-7-13(12)14/h4-7,14,16H,1,8-10H2,2-3H3. The van der Waals surface area contributed by atoms with Crippen molar-refractivity contribution in [1.82, 2.24) is 10.2 Å². The van der Waals surface area contributed by atoms with Gasteiger partial charge >= 0.3 is 0 Å². The van der Waals surface area contributed by atoms with Crippen molar-refractivity contribution in [1.29, 1.82) is 0 Å². The van der Waals surface area contributed by atoms with Gasteiger partial charge in [-0.05, 0) is 18.1 Å². The minimum Gasteiger partial charge on any atom is -0.341 e. The Morgan fingerprint density at radius 2 is 2.22 bits per heavy atom. The average molecular weight is 244 g/mol. The summed E-state index contributed by atoms with van der Waals surface area (Å²) in [4.78, 5) is 14.2. The molecule has 0 saturated carbocycles. The molecule has 1 N–H and O–H groups in total. The van der Waals surface area contributed by atoms with Crippen LogP contribution < -0.4 is 5.32 Å². The largest absolute Gasteiger partial charge is 0.341 e. The number of amides is 1. The quantitative estimate of drug-likeness (QED) is 0.824. The molecular weight excluding hydrogens is 224 g/mol. The van der Waals surface area contributed by atoms with Crippen molar-refractivity contribution in [2.24, 2.45) is 0 Å². The number of nitrogens with zero attached hydrogens (tertiary/aromatic N) is 1. The molecule has 3 heteroatoms. The summed E-state index contributed by atoms with van der Waals surface area (Å²) in [5.41, 5.74) is 3.39. The second-order valence-electron chi connectivity index (χ2n) is 5.03. The van der Waals surface area contributed by atoms with Crippen LogP contribution in [0.2, 0.25) is 0 Å². The second kappa shape index (κ2) is 5.36. The normalized spacial score (nSPS) is 18.0. The summed E-state index contributed by atoms with van der Waals surface area (Å²) in [6, 6.07) is 8.17. The average Bonchev–Trinajstić information content (AvgIpc) is 2.36. The summed E-state index contributed by atoms with van der Waals surface area (Å²) >= 11 is 0. The third-order valence-corrected chi connectivity index (χ3v) is 3.28. The molecule has 1 heterocycles. The first-order valence-electron chi connectivity index (χ1n) is 6.27. The van der Waals surface area contributed by atoms with Gasteiger partial charge in [-0.1, -0.05) is 36.4 Å². The summed E-state index contributed by atoms with van der Waals surface area (Å²) in [6.45, 7) is 7.99. The molecule has 0 aliphatic carbocycles. The topological polar surface area (TPSA) is 32.3 Å². The zero-order chi connectivity index (χ0) is 13.1. The van der Waals surface area contributed by atoms with E-state index in [1.54, 1.807) is 4.90 Å². The molecule has 0 saturated heterocycles. The van der Waals surface area contributed by atoms with E-state index in [2.05, 4.69) is 24.0 Å². The molecule has 96 valence electrons. The number of hydrogen-bond donors (Lipinski definition) is 1. The summed E-state index contributed by atoms with van der Waals surface area (Å²) in [5, 5.41) is 3.31. The van der Waals surface area contributed by atoms with Crippen molar-refractivity contribution < 1.29 is 4.79 Å². The Balaban J connectivity index is 2.20. The predicted molar refractivity (Wildman–Crippen MR) is 73.3 cm³/mol. The first-order chi connectivity index (χ1) is 8.59. The molecular formula is C15H20N2O. The summed E-state index contributed by atoms with van der Waals surface area (Å²) in [7, 11) is 1.84. The number of rotatable bonds is 3. The molecule has 1 aromatic rings. The number of nitrogens with one attached hydrogen (secondary N) is 1. The van der Waals surface area contributed by atoms with Crippen molar-refractivity contribution in [3.63, 3.8) is 0 Å². The number of carbonyl (C=O) groups excluding carboxylic acids is 1. The van der Waals surface area contributed by atoms with E-state index < -0.39 is 0 Å². The van der Waals surface area contributed by atoms with E-state index in [0.717, 1.165) is 24.2 Å². The zero-order valence-corrected chi connectivity index (χ0v) is 11.1. The van der Waals surface area contributed by atoms with E-state index in [0.29, 0.717) is 6.54 Å². The molecule has 1 aliphatic heterocycles. The lowest BCUT2D eigenvalue weighted by Gasteiger charge is -2.29. The van der Waals surface area contributed by atoms with E-state index in [-0.39, 0.29) is 11.8 Å². The fraction of sp³-hybridized carbons (Fsp3) is 0.400. The first-order valence-corrected chi connectivity index (χ1v) is 6.27. The van der Waals surface area contributed by atoms with Crippen molar-refractivity contribution in [2.75, 3.05) is 20.1 Å². The van der Waals surface area contributed by atoms with E-state index in [9.17, 15) is 4.79 Å². The lowest BCUT2D eigenvalue weighted by atomic mass is 9.90. The Labute approximate surface area is 108 Å². The minimum atomic E-state index is -0.0701. The van der Waals surface area contributed by atoms with Crippen LogP contribution >= 0.6 is 0 Å². The van der Waals surface area contributed by atoms with Gasteiger partial charge < -0.3 is 10.2 Å². The van der Waals surface area contributed by atoms with Crippen LogP contribution in [0.4, 0.5) is 0 Å². The van der Waals surface area contributed by atoms with Gasteiger partial charge in [0, 0.05) is 26.7 Å². The fourth-order valence-electron chi connectivity index (χ4n) is 2.47. The Morgan fingerprint density at radius 3 is 2.94 bits per heavy atom. The van der Waals surface area contributed by atoms with Crippen LogP contribution in [0.1, 0.15) is 24.0 Å². The Kier molecular flexibility index (Phi) is 3.82. The second-order valence-corrected chi connectivity index (χ2v) is 5.03. The van der Waals surface area contributed by atoms with Gasteiger partial charge in [-0.15, -0.1) is 0 Å². The molecule has 0 bridgehead atoms. The van der Waals surface area contributed by atoms with Crippen LogP contribution in [-0.4, -0.2) is 30.9 Å². The van der Waals surface area contributed by atoms with Gasteiger partial charge in [-0.3, -0.25) is 4.79 Å². The van der Waals surface area contributed by atoms with Gasteiger partial charge in [0.2, 0.25) is 5.91 Å². The zero-order valence-electron chi connectivity index (χ0n) is 11.1. The lowest BCUT2D eigenvalue weighted by Crippen LogP contribution is -2.40. The highest BCUT2D eigenvalue weighted by molar-refractivity contribution is 5.84. The third kappa shape index (κ3) is 2.62. The number of benzene rings is 1. The smallest absolute Gasteiger partial charge is 0.231 e. The fourth-order valence-corrected chi connectivity index (χ4v) is 2.47. The van der Waals surface area contributed by atoms with Crippen molar-refractivity contribution in [2.45, 2.75) is 19.4 Å². The third-order valence-electron chi connectivity index (χ3n) is 3.28. The Morgan fingerprint density at radius 1 is 1.50 bits per heavy atom. The summed E-state index contributed by atoms with van der Waals surface area (Å²) in [6.07, 6.45) is 0. The summed E-state index contributed by atoms with van der Waals surface area (Å²) in [5.74, 6) is 0.0944. The maximum Gasteiger partial charge on any atom is 0.231 e. The Hall–Kier alpha value is -1.61. The molecule has 0 aromatic heterocycles. The molecule has 0 spiro atoms. The van der Waals surface area contributed by atoms with Crippen LogP contribution in [-0.2, 0) is 11.3 Å². The monoisotopic (exact) mass is 244 g/mol. The van der Waals surface area contributed by atoms with E-state index in [1.165, 1.54) is 5.56 Å². The summed E-state index contributed by atoms with van der Waals surface area (Å²) < 4.78 is 0. The van der Waals surface area contributed by atoms with Crippen LogP contribution in [0.5, 0.6) is 0 Å². The molecule has 18 heavy (non-hydrogen) atoms. The van der Waals surface area contributed by atoms with Crippen molar-refractivity contribution in [3.05, 3.63) is 47.5 Å². The number of likely N-dealkylation sites (N-methyl/N-ethyl adjacent to an activating group) is 1. The van der Waals surface area contributed by atoms with Gasteiger partial charge in [0.05, 0.1) is 5.92 Å². The highest BCUT2D eigenvalue weighted by Crippen LogP contribution is 2.25. The van der Waals surface area contributed by atoms with Crippen LogP contribution in [0.15, 0.2) is 36.4 Å². The van der Waals surface area contributed by atoms with Gasteiger partial charge in [0.15, 0.2) is 0 Å². The van der Waals surface area contributed by atoms with Gasteiger partial charge in [-0.25, -0.2) is 0 Å². The lowest BCUT2D eigenvalue weighted by molar-refractivity contribution is -0.131. The predicted octanol–water partition coefficient (Wildman–Crippen LogP) is 1.91. The van der Waals surface area contributed by atoms with Gasteiger partial charge in [-0.2, -0.15) is 0 Å². The maximum atomic E-state index is 12.4. The van der Waals surface area contributed by atoms with Crippen molar-refractivity contribution >= 4 is 5.91 Å². The van der Waals surface area contributed by atoms with Crippen molar-refractivity contribution in [3.8, 4) is 0 Å². The highest BCUT2D eigenvalue weighted by Gasteiger charge is 2.28. The van der Waals surface area contributed by atoms with Crippen LogP contribution in [0.25, 0.3) is 0 Å². The molecule has 0 fully saturated rings. The highest BCUT2D eigenvalue weighted by atomic mass is 16.2. The molecule has 1 aliphatic rings. The van der Waals surface area contributed by atoms with Crippen LogP contribution in [0, 0.1) is 0 Å². The maximum absolute atomic E-state index is 12.4. The van der Waals surface area contributed by atoms with E-state index >= 15 is 0 Å². The molecule has 1 aromatic carbocycles. The first kappa shape index (κ1) is 12.8. The number of fused-ring (bicyclic) bond motifs is 1. The molecule has 3 nitrogen and oxygen atoms in total. The van der Waals surface area contributed by atoms with Gasteiger partial charge in [0.1, 0.15) is 0 Å².